The van der Waals surface area contributed by atoms with Crippen LogP contribution in [0.4, 0.5) is 0 Å². The molecule has 72 valence electrons. The Morgan fingerprint density at radius 3 is 2.93 bits per heavy atom. The first-order valence-electron chi connectivity index (χ1n) is 3.75. The summed E-state index contributed by atoms with van der Waals surface area (Å²) in [6, 6.07) is 1.77. The van der Waals surface area contributed by atoms with Gasteiger partial charge in [-0.05, 0) is 13.0 Å². The van der Waals surface area contributed by atoms with Gasteiger partial charge in [0.05, 0.1) is 4.70 Å². The van der Waals surface area contributed by atoms with E-state index in [0.29, 0.717) is 5.52 Å². The number of carboxylic acid groups (broad SMARTS) is 1. The van der Waals surface area contributed by atoms with Crippen molar-refractivity contribution >= 4 is 39.1 Å². The summed E-state index contributed by atoms with van der Waals surface area (Å²) in [7, 11) is 0. The third-order valence-electron chi connectivity index (χ3n) is 1.65. The number of carbonyl (C=O) groups is 1. The first-order chi connectivity index (χ1) is 6.58. The van der Waals surface area contributed by atoms with Gasteiger partial charge in [0.25, 0.3) is 0 Å². The molecular formula is C8H5ClN2O2S. The lowest BCUT2D eigenvalue weighted by molar-refractivity contribution is 0.0696. The number of thiazole rings is 1. The van der Waals surface area contributed by atoms with Gasteiger partial charge in [0.1, 0.15) is 5.52 Å². The van der Waals surface area contributed by atoms with E-state index in [0.717, 1.165) is 21.7 Å². The summed E-state index contributed by atoms with van der Waals surface area (Å²) in [4.78, 5) is 18.5. The molecule has 0 aliphatic rings. The Morgan fingerprint density at radius 1 is 1.57 bits per heavy atom. The van der Waals surface area contributed by atoms with E-state index in [1.165, 1.54) is 0 Å². The van der Waals surface area contributed by atoms with Crippen molar-refractivity contribution in [2.75, 3.05) is 0 Å². The van der Waals surface area contributed by atoms with Crippen molar-refractivity contribution in [2.24, 2.45) is 0 Å². The molecule has 1 N–H and O–H groups in total. The lowest BCUT2D eigenvalue weighted by Gasteiger charge is -1.93. The molecule has 0 aliphatic heterocycles. The maximum atomic E-state index is 10.7. The Labute approximate surface area is 88.2 Å². The Bertz CT molecular complexity index is 523. The molecule has 2 heterocycles. The van der Waals surface area contributed by atoms with Crippen molar-refractivity contribution in [3.63, 3.8) is 0 Å². The van der Waals surface area contributed by atoms with Crippen LogP contribution in [0, 0.1) is 6.92 Å². The van der Waals surface area contributed by atoms with Crippen molar-refractivity contribution < 1.29 is 9.90 Å². The zero-order valence-corrected chi connectivity index (χ0v) is 8.69. The Hall–Kier alpha value is -1.20. The number of pyridine rings is 1. The number of aromatic nitrogens is 2. The normalized spacial score (nSPS) is 10.7. The molecule has 0 aromatic carbocycles. The number of halogens is 1. The van der Waals surface area contributed by atoms with E-state index in [1.807, 2.05) is 0 Å². The van der Waals surface area contributed by atoms with Crippen LogP contribution in [0.1, 0.15) is 15.5 Å². The first-order valence-corrected chi connectivity index (χ1v) is 4.94. The SMILES string of the molecule is Cc1cc2sc(C(=O)O)nc2c(Cl)n1. The number of carboxylic acids is 1. The zero-order chi connectivity index (χ0) is 10.3. The van der Waals surface area contributed by atoms with Crippen molar-refractivity contribution in [3.8, 4) is 0 Å². The number of aromatic carboxylic acids is 1. The third kappa shape index (κ3) is 1.44. The lowest BCUT2D eigenvalue weighted by Crippen LogP contribution is -1.93. The smallest absolute Gasteiger partial charge is 0.365 e. The van der Waals surface area contributed by atoms with Crippen LogP contribution in [0.15, 0.2) is 6.07 Å². The van der Waals surface area contributed by atoms with E-state index in [-0.39, 0.29) is 10.2 Å². The number of fused-ring (bicyclic) bond motifs is 1. The summed E-state index contributed by atoms with van der Waals surface area (Å²) >= 11 is 6.92. The predicted octanol–water partition coefficient (Wildman–Crippen LogP) is 2.35. The molecule has 0 bridgehead atoms. The van der Waals surface area contributed by atoms with Gasteiger partial charge in [-0.15, -0.1) is 11.3 Å². The second-order valence-corrected chi connectivity index (χ2v) is 4.11. The van der Waals surface area contributed by atoms with Gasteiger partial charge in [-0.25, -0.2) is 14.8 Å². The molecule has 14 heavy (non-hydrogen) atoms. The van der Waals surface area contributed by atoms with Crippen LogP contribution in [0.5, 0.6) is 0 Å². The van der Waals surface area contributed by atoms with Crippen LogP contribution in [-0.4, -0.2) is 21.0 Å². The molecule has 0 saturated heterocycles. The summed E-state index contributed by atoms with van der Waals surface area (Å²) in [5.41, 5.74) is 1.21. The molecule has 2 aromatic heterocycles. The minimum atomic E-state index is -1.04. The largest absolute Gasteiger partial charge is 0.476 e. The third-order valence-corrected chi connectivity index (χ3v) is 2.90. The molecule has 0 amide bonds. The zero-order valence-electron chi connectivity index (χ0n) is 7.11. The highest BCUT2D eigenvalue weighted by atomic mass is 35.5. The first kappa shape index (κ1) is 9.36. The predicted molar refractivity (Wildman–Crippen MR) is 54.1 cm³/mol. The molecule has 0 aliphatic carbocycles. The fraction of sp³-hybridized carbons (Fsp3) is 0.125. The molecule has 2 rings (SSSR count). The monoisotopic (exact) mass is 228 g/mol. The van der Waals surface area contributed by atoms with E-state index in [4.69, 9.17) is 16.7 Å². The standard InChI is InChI=1S/C8H5ClN2O2S/c1-3-2-4-5(6(9)10-3)11-7(14-4)8(12)13/h2H,1H3,(H,12,13). The molecule has 4 nitrogen and oxygen atoms in total. The summed E-state index contributed by atoms with van der Waals surface area (Å²) in [5.74, 6) is -1.04. The summed E-state index contributed by atoms with van der Waals surface area (Å²) in [6.45, 7) is 1.80. The Balaban J connectivity index is 2.76. The van der Waals surface area contributed by atoms with Gasteiger partial charge >= 0.3 is 5.97 Å². The molecule has 2 aromatic rings. The van der Waals surface area contributed by atoms with Crippen LogP contribution in [0.25, 0.3) is 10.2 Å². The van der Waals surface area contributed by atoms with Crippen LogP contribution < -0.4 is 0 Å². The second kappa shape index (κ2) is 3.18. The highest BCUT2D eigenvalue weighted by Crippen LogP contribution is 2.27. The van der Waals surface area contributed by atoms with Crippen LogP contribution >= 0.6 is 22.9 Å². The number of hydrogen-bond acceptors (Lipinski definition) is 4. The topological polar surface area (TPSA) is 63.1 Å². The highest BCUT2D eigenvalue weighted by molar-refractivity contribution is 7.20. The van der Waals surface area contributed by atoms with E-state index < -0.39 is 5.97 Å². The highest BCUT2D eigenvalue weighted by Gasteiger charge is 2.13. The number of hydrogen-bond donors (Lipinski definition) is 1. The second-order valence-electron chi connectivity index (χ2n) is 2.73. The number of rotatable bonds is 1. The van der Waals surface area contributed by atoms with Crippen molar-refractivity contribution in [2.45, 2.75) is 6.92 Å². The lowest BCUT2D eigenvalue weighted by atomic mass is 10.4. The van der Waals surface area contributed by atoms with Crippen LogP contribution in [-0.2, 0) is 0 Å². The van der Waals surface area contributed by atoms with Gasteiger partial charge in [0.15, 0.2) is 5.15 Å². The van der Waals surface area contributed by atoms with E-state index in [2.05, 4.69) is 9.97 Å². The molecule has 0 spiro atoms. The van der Waals surface area contributed by atoms with Gasteiger partial charge in [0.2, 0.25) is 5.01 Å². The molecular weight excluding hydrogens is 224 g/mol. The molecule has 0 unspecified atom stereocenters. The fourth-order valence-electron chi connectivity index (χ4n) is 1.10. The van der Waals surface area contributed by atoms with Gasteiger partial charge in [-0.1, -0.05) is 11.6 Å². The summed E-state index contributed by atoms with van der Waals surface area (Å²) < 4.78 is 0.750. The fourth-order valence-corrected chi connectivity index (χ4v) is 2.33. The maximum Gasteiger partial charge on any atom is 0.365 e. The van der Waals surface area contributed by atoms with Crippen LogP contribution in [0.3, 0.4) is 0 Å². The van der Waals surface area contributed by atoms with E-state index in [9.17, 15) is 4.79 Å². The number of nitrogens with zero attached hydrogens (tertiary/aromatic N) is 2. The van der Waals surface area contributed by atoms with Gasteiger partial charge in [0, 0.05) is 5.69 Å². The van der Waals surface area contributed by atoms with Crippen molar-refractivity contribution in [1.29, 1.82) is 0 Å². The number of aryl methyl sites for hydroxylation is 1. The quantitative estimate of drug-likeness (QED) is 0.761. The van der Waals surface area contributed by atoms with Gasteiger partial charge in [-0.2, -0.15) is 0 Å². The molecule has 0 saturated carbocycles. The minimum Gasteiger partial charge on any atom is -0.476 e. The Morgan fingerprint density at radius 2 is 2.29 bits per heavy atom. The molecule has 0 radical (unpaired) electrons. The van der Waals surface area contributed by atoms with Gasteiger partial charge in [-0.3, -0.25) is 0 Å². The van der Waals surface area contributed by atoms with Gasteiger partial charge < -0.3 is 5.11 Å². The van der Waals surface area contributed by atoms with Crippen LogP contribution in [0.2, 0.25) is 5.15 Å². The summed E-state index contributed by atoms with van der Waals surface area (Å²) in [6.07, 6.45) is 0. The molecule has 0 atom stereocenters. The molecule has 6 heteroatoms. The minimum absolute atomic E-state index is 0.0364. The average Bonchev–Trinajstić information content (AvgIpc) is 2.47. The summed E-state index contributed by atoms with van der Waals surface area (Å²) in [5, 5.41) is 9.02. The van der Waals surface area contributed by atoms with E-state index in [1.54, 1.807) is 13.0 Å². The average molecular weight is 229 g/mol. The maximum absolute atomic E-state index is 10.7. The van der Waals surface area contributed by atoms with Crippen molar-refractivity contribution in [1.82, 2.24) is 9.97 Å². The Kier molecular flexibility index (Phi) is 2.13. The van der Waals surface area contributed by atoms with E-state index >= 15 is 0 Å². The molecule has 0 fully saturated rings. The van der Waals surface area contributed by atoms with Crippen molar-refractivity contribution in [3.05, 3.63) is 21.9 Å².